The number of aliphatic carboxylic acids is 1. The fraction of sp³-hybridized carbons (Fsp3) is 0.423. The summed E-state index contributed by atoms with van der Waals surface area (Å²) in [6, 6.07) is 9.61. The molecule has 1 aromatic carbocycles. The van der Waals surface area contributed by atoms with Gasteiger partial charge in [0.15, 0.2) is 0 Å². The number of aryl methyl sites for hydroxylation is 1. The van der Waals surface area contributed by atoms with Gasteiger partial charge in [0.25, 0.3) is 5.91 Å². The first kappa shape index (κ1) is 24.6. The number of aromatic nitrogens is 1. The van der Waals surface area contributed by atoms with Gasteiger partial charge in [0, 0.05) is 30.4 Å². The van der Waals surface area contributed by atoms with Gasteiger partial charge in [0.05, 0.1) is 29.1 Å². The fourth-order valence-corrected chi connectivity index (χ4v) is 5.24. The van der Waals surface area contributed by atoms with E-state index in [1.54, 1.807) is 7.05 Å². The highest BCUT2D eigenvalue weighted by Gasteiger charge is 2.42. The maximum atomic E-state index is 12.9. The van der Waals surface area contributed by atoms with Crippen molar-refractivity contribution in [2.75, 3.05) is 13.6 Å². The lowest BCUT2D eigenvalue weighted by Gasteiger charge is -2.24. The second kappa shape index (κ2) is 9.76. The molecule has 2 aliphatic carbocycles. The zero-order valence-electron chi connectivity index (χ0n) is 20.2. The molecule has 0 aliphatic heterocycles. The zero-order chi connectivity index (χ0) is 25.6. The molecule has 2 aliphatic rings. The van der Waals surface area contributed by atoms with Crippen LogP contribution in [-0.2, 0) is 22.6 Å². The number of nitrogens with one attached hydrogen (secondary N) is 1. The summed E-state index contributed by atoms with van der Waals surface area (Å²) in [7, 11) is 1.57. The number of carbonyl (C=O) groups excluding carboxylic acids is 1. The van der Waals surface area contributed by atoms with E-state index in [9.17, 15) is 18.4 Å². The maximum absolute atomic E-state index is 12.9. The first-order valence-corrected chi connectivity index (χ1v) is 13.1. The number of hydrogen-bond acceptors (Lipinski definition) is 6. The third-order valence-corrected chi connectivity index (χ3v) is 7.84. The molecule has 5 rings (SSSR count). The molecule has 2 N–H and O–H groups in total. The monoisotopic (exact) mass is 510 g/mol. The third-order valence-electron chi connectivity index (χ3n) is 7.11. The van der Waals surface area contributed by atoms with Crippen molar-refractivity contribution in [3.05, 3.63) is 52.7 Å². The van der Waals surface area contributed by atoms with Crippen molar-refractivity contribution >= 4 is 34.2 Å². The zero-order valence-corrected chi connectivity index (χ0v) is 21.0. The van der Waals surface area contributed by atoms with Crippen LogP contribution in [0.25, 0.3) is 22.4 Å². The molecule has 0 saturated heterocycles. The Kier molecular flexibility index (Phi) is 6.67. The average molecular weight is 511 g/mol. The Bertz CT molecular complexity index is 1350. The quantitative estimate of drug-likeness (QED) is 0.397. The number of amides is 1. The van der Waals surface area contributed by atoms with Crippen LogP contribution < -0.4 is 5.32 Å². The summed E-state index contributed by atoms with van der Waals surface area (Å²) in [6.45, 7) is 2.28. The van der Waals surface area contributed by atoms with Crippen molar-refractivity contribution in [1.29, 1.82) is 0 Å². The summed E-state index contributed by atoms with van der Waals surface area (Å²) in [4.78, 5) is 28.8. The Morgan fingerprint density at radius 3 is 2.58 bits per heavy atom. The van der Waals surface area contributed by atoms with Gasteiger partial charge in [-0.1, -0.05) is 29.8 Å². The topological polar surface area (TPSA) is 136 Å². The molecule has 3 atom stereocenters. The van der Waals surface area contributed by atoms with Gasteiger partial charge < -0.3 is 19.4 Å². The lowest BCUT2D eigenvalue weighted by atomic mass is 10.0. The van der Waals surface area contributed by atoms with E-state index in [4.69, 9.17) is 14.5 Å². The van der Waals surface area contributed by atoms with E-state index in [1.807, 2.05) is 37.3 Å². The number of pyridine rings is 1. The van der Waals surface area contributed by atoms with Crippen molar-refractivity contribution in [2.24, 2.45) is 11.8 Å². The van der Waals surface area contributed by atoms with E-state index in [0.29, 0.717) is 35.2 Å². The van der Waals surface area contributed by atoms with Gasteiger partial charge in [-0.25, -0.2) is 9.29 Å². The van der Waals surface area contributed by atoms with E-state index in [2.05, 4.69) is 5.32 Å². The van der Waals surface area contributed by atoms with Gasteiger partial charge in [-0.3, -0.25) is 13.8 Å². The number of fused-ring (bicyclic) bond motifs is 1. The van der Waals surface area contributed by atoms with Crippen LogP contribution in [0.2, 0.25) is 0 Å². The van der Waals surface area contributed by atoms with Crippen LogP contribution in [0.4, 0.5) is 0 Å². The molecular weight excluding hydrogens is 482 g/mol. The van der Waals surface area contributed by atoms with Crippen LogP contribution >= 0.6 is 0 Å². The number of benzene rings is 1. The van der Waals surface area contributed by atoms with E-state index < -0.39 is 17.2 Å². The molecule has 190 valence electrons. The van der Waals surface area contributed by atoms with Crippen LogP contribution in [-0.4, -0.2) is 48.6 Å². The normalized spacial score (nSPS) is 20.0. The Morgan fingerprint density at radius 2 is 2.00 bits per heavy atom. The van der Waals surface area contributed by atoms with Gasteiger partial charge in [-0.15, -0.1) is 0 Å². The summed E-state index contributed by atoms with van der Waals surface area (Å²) in [6.07, 6.45) is 3.02. The van der Waals surface area contributed by atoms with Gasteiger partial charge in [0.2, 0.25) is 5.71 Å². The summed E-state index contributed by atoms with van der Waals surface area (Å²) in [5, 5.41) is 12.4. The Balaban J connectivity index is 1.51. The van der Waals surface area contributed by atoms with E-state index in [0.717, 1.165) is 29.5 Å². The Morgan fingerprint density at radius 1 is 1.28 bits per heavy atom. The van der Waals surface area contributed by atoms with Crippen LogP contribution in [0, 0.1) is 18.8 Å². The van der Waals surface area contributed by atoms with Crippen LogP contribution in [0.3, 0.4) is 0 Å². The Labute approximate surface area is 211 Å². The second-order valence-electron chi connectivity index (χ2n) is 9.71. The van der Waals surface area contributed by atoms with E-state index in [-0.39, 0.29) is 42.5 Å². The number of rotatable bonds is 10. The molecule has 3 aromatic rings. The standard InChI is InChI=1S/C26H29N3O6S/c1-14-3-5-16(6-4-14)23-22(24(30)27-2)20-12-18(15-7-8-15)21(28-25(20)35-23)13-29(36(33)34)10-9-17-11-19(17)26(31)32/h3-6,12,15,17,19H,7-11,13H2,1-2H3,(H,27,30)(H,31,32)(H,33,34)/p-1/t17-,19-/m1/s1. The number of carboxylic acid groups (broad SMARTS) is 1. The van der Waals surface area contributed by atoms with Crippen LogP contribution in [0.15, 0.2) is 34.7 Å². The van der Waals surface area contributed by atoms with Crippen molar-refractivity contribution in [3.63, 3.8) is 0 Å². The van der Waals surface area contributed by atoms with Crippen LogP contribution in [0.5, 0.6) is 0 Å². The van der Waals surface area contributed by atoms with Crippen molar-refractivity contribution in [3.8, 4) is 11.3 Å². The van der Waals surface area contributed by atoms with Gasteiger partial charge in [-0.05, 0) is 56.1 Å². The highest BCUT2D eigenvalue weighted by molar-refractivity contribution is 7.76. The van der Waals surface area contributed by atoms with Crippen molar-refractivity contribution in [2.45, 2.75) is 45.1 Å². The highest BCUT2D eigenvalue weighted by Crippen LogP contribution is 2.45. The predicted molar refractivity (Wildman–Crippen MR) is 133 cm³/mol. The number of carbonyl (C=O) groups is 2. The Hall–Kier alpha value is -3.08. The number of furan rings is 1. The van der Waals surface area contributed by atoms with Crippen molar-refractivity contribution < 1.29 is 27.9 Å². The van der Waals surface area contributed by atoms with Gasteiger partial charge in [-0.2, -0.15) is 0 Å². The fourth-order valence-electron chi connectivity index (χ4n) is 4.76. The highest BCUT2D eigenvalue weighted by atomic mass is 32.2. The maximum Gasteiger partial charge on any atom is 0.306 e. The van der Waals surface area contributed by atoms with Crippen molar-refractivity contribution in [1.82, 2.24) is 14.6 Å². The molecule has 0 radical (unpaired) electrons. The molecule has 10 heteroatoms. The minimum Gasteiger partial charge on any atom is -0.760 e. The molecule has 0 bridgehead atoms. The van der Waals surface area contributed by atoms with Crippen LogP contribution in [0.1, 0.15) is 58.8 Å². The summed E-state index contributed by atoms with van der Waals surface area (Å²) in [5.74, 6) is -0.797. The van der Waals surface area contributed by atoms with Gasteiger partial charge >= 0.3 is 5.97 Å². The molecule has 2 saturated carbocycles. The molecule has 36 heavy (non-hydrogen) atoms. The molecule has 1 unspecified atom stereocenters. The molecule has 2 fully saturated rings. The minimum atomic E-state index is -2.49. The molecule has 1 amide bonds. The number of nitrogens with zero attached hydrogens (tertiary/aromatic N) is 2. The molecule has 2 heterocycles. The largest absolute Gasteiger partial charge is 0.760 e. The first-order chi connectivity index (χ1) is 17.3. The molecular formula is C26H28N3O6S-. The number of hydrogen-bond donors (Lipinski definition) is 2. The predicted octanol–water partition coefficient (Wildman–Crippen LogP) is 3.75. The lowest BCUT2D eigenvalue weighted by Crippen LogP contribution is -2.28. The first-order valence-electron chi connectivity index (χ1n) is 12.1. The molecule has 9 nitrogen and oxygen atoms in total. The number of carboxylic acids is 1. The summed E-state index contributed by atoms with van der Waals surface area (Å²) < 4.78 is 31.5. The summed E-state index contributed by atoms with van der Waals surface area (Å²) in [5.41, 5.74) is 4.07. The molecule has 2 aromatic heterocycles. The van der Waals surface area contributed by atoms with Gasteiger partial charge in [0.1, 0.15) is 5.76 Å². The van der Waals surface area contributed by atoms with E-state index in [1.165, 1.54) is 4.31 Å². The third kappa shape index (κ3) is 4.93. The smallest absolute Gasteiger partial charge is 0.306 e. The second-order valence-corrected chi connectivity index (χ2v) is 10.7. The average Bonchev–Trinajstić information content (AvgIpc) is 3.77. The SMILES string of the molecule is CNC(=O)c1c(-c2ccc(C)cc2)oc2nc(CN(CC[C@@H]3C[C@H]3C(=O)O)S(=O)[O-])c(C3CC3)cc12. The lowest BCUT2D eigenvalue weighted by molar-refractivity contribution is -0.138. The molecule has 0 spiro atoms. The summed E-state index contributed by atoms with van der Waals surface area (Å²) >= 11 is -2.49. The van der Waals surface area contributed by atoms with E-state index >= 15 is 0 Å². The minimum absolute atomic E-state index is 0.00384.